The maximum absolute atomic E-state index is 12.0. The monoisotopic (exact) mass is 308 g/mol. The third-order valence-electron chi connectivity index (χ3n) is 3.48. The van der Waals surface area contributed by atoms with Gasteiger partial charge in [-0.1, -0.05) is 24.3 Å². The molecule has 3 aromatic rings. The summed E-state index contributed by atoms with van der Waals surface area (Å²) in [5.41, 5.74) is 5.35. The molecule has 3 rings (SSSR count). The van der Waals surface area contributed by atoms with Crippen molar-refractivity contribution in [1.82, 2.24) is 15.0 Å². The molecule has 116 valence electrons. The largest absolute Gasteiger partial charge is 0.507 e. The average molecular weight is 308 g/mol. The van der Waals surface area contributed by atoms with Crippen LogP contribution >= 0.6 is 0 Å². The molecule has 2 N–H and O–H groups in total. The highest BCUT2D eigenvalue weighted by molar-refractivity contribution is 6.01. The summed E-state index contributed by atoms with van der Waals surface area (Å²) in [4.78, 5) is 16.3. The Kier molecular flexibility index (Phi) is 4.05. The number of hydrazone groups is 1. The van der Waals surface area contributed by atoms with Gasteiger partial charge in [0, 0.05) is 5.56 Å². The fourth-order valence-electron chi connectivity index (χ4n) is 2.31. The second kappa shape index (κ2) is 6.31. The van der Waals surface area contributed by atoms with Gasteiger partial charge < -0.3 is 9.67 Å². The van der Waals surface area contributed by atoms with E-state index in [9.17, 15) is 9.90 Å². The van der Waals surface area contributed by atoms with Gasteiger partial charge in [0.05, 0.1) is 23.1 Å². The number of benzene rings is 2. The van der Waals surface area contributed by atoms with Crippen molar-refractivity contribution in [1.29, 1.82) is 0 Å². The number of aromatic nitrogens is 2. The van der Waals surface area contributed by atoms with Crippen LogP contribution in [0.2, 0.25) is 0 Å². The molecule has 0 aliphatic heterocycles. The number of rotatable bonds is 4. The molecule has 0 fully saturated rings. The molecule has 0 saturated heterocycles. The number of hydrogen-bond acceptors (Lipinski definition) is 4. The van der Waals surface area contributed by atoms with Crippen molar-refractivity contribution in [2.24, 2.45) is 5.10 Å². The maximum atomic E-state index is 12.0. The Labute approximate surface area is 133 Å². The van der Waals surface area contributed by atoms with Gasteiger partial charge in [-0.2, -0.15) is 5.10 Å². The van der Waals surface area contributed by atoms with E-state index >= 15 is 0 Å². The van der Waals surface area contributed by atoms with Crippen LogP contribution in [0.5, 0.6) is 5.75 Å². The van der Waals surface area contributed by atoms with Gasteiger partial charge in [-0.05, 0) is 31.2 Å². The number of fused-ring (bicyclic) bond motifs is 1. The predicted octanol–water partition coefficient (Wildman–Crippen LogP) is 2.28. The van der Waals surface area contributed by atoms with Gasteiger partial charge in [0.25, 0.3) is 5.91 Å². The quantitative estimate of drug-likeness (QED) is 0.573. The smallest absolute Gasteiger partial charge is 0.260 e. The molecule has 1 amide bonds. The van der Waals surface area contributed by atoms with Crippen LogP contribution in [0.25, 0.3) is 11.0 Å². The van der Waals surface area contributed by atoms with Crippen molar-refractivity contribution in [2.45, 2.75) is 13.5 Å². The number of hydrogen-bond donors (Lipinski definition) is 2. The standard InChI is InChI=1S/C17H16N4O2/c1-12(13-6-2-5-9-16(13)22)19-20-17(23)10-21-11-18-14-7-3-4-8-15(14)21/h2-9,11,22H,10H2,1H3,(H,20,23). The van der Waals surface area contributed by atoms with Crippen molar-refractivity contribution < 1.29 is 9.90 Å². The number of aromatic hydroxyl groups is 1. The molecule has 2 aromatic carbocycles. The minimum absolute atomic E-state index is 0.123. The lowest BCUT2D eigenvalue weighted by Crippen LogP contribution is -2.24. The van der Waals surface area contributed by atoms with Gasteiger partial charge in [0.1, 0.15) is 12.3 Å². The molecule has 0 unspecified atom stereocenters. The number of phenolic OH excluding ortho intramolecular Hbond substituents is 1. The molecule has 0 radical (unpaired) electrons. The fraction of sp³-hybridized carbons (Fsp3) is 0.118. The highest BCUT2D eigenvalue weighted by atomic mass is 16.3. The number of amides is 1. The van der Waals surface area contributed by atoms with E-state index in [-0.39, 0.29) is 18.2 Å². The lowest BCUT2D eigenvalue weighted by Gasteiger charge is -2.06. The van der Waals surface area contributed by atoms with E-state index in [1.54, 1.807) is 42.1 Å². The molecule has 1 heterocycles. The summed E-state index contributed by atoms with van der Waals surface area (Å²) in [6, 6.07) is 14.5. The Morgan fingerprint density at radius 1 is 1.22 bits per heavy atom. The fourth-order valence-corrected chi connectivity index (χ4v) is 2.31. The Hall–Kier alpha value is -3.15. The van der Waals surface area contributed by atoms with Gasteiger partial charge in [-0.3, -0.25) is 4.79 Å². The first-order chi connectivity index (χ1) is 11.1. The molecule has 0 saturated carbocycles. The Balaban J connectivity index is 1.70. The zero-order valence-corrected chi connectivity index (χ0v) is 12.6. The number of carbonyl (C=O) groups excluding carboxylic acids is 1. The van der Waals surface area contributed by atoms with Crippen molar-refractivity contribution in [3.8, 4) is 5.75 Å². The zero-order valence-electron chi connectivity index (χ0n) is 12.6. The number of imidazole rings is 1. The summed E-state index contributed by atoms with van der Waals surface area (Å²) in [7, 11) is 0. The molecular formula is C17H16N4O2. The average Bonchev–Trinajstić information content (AvgIpc) is 2.96. The van der Waals surface area contributed by atoms with Crippen molar-refractivity contribution in [3.05, 3.63) is 60.4 Å². The summed E-state index contributed by atoms with van der Waals surface area (Å²) in [5.74, 6) is -0.133. The summed E-state index contributed by atoms with van der Waals surface area (Å²) < 4.78 is 1.76. The van der Waals surface area contributed by atoms with E-state index in [0.717, 1.165) is 11.0 Å². The van der Waals surface area contributed by atoms with E-state index < -0.39 is 0 Å². The molecule has 6 nitrogen and oxygen atoms in total. The SMILES string of the molecule is CC(=NNC(=O)Cn1cnc2ccccc21)c1ccccc1O. The van der Waals surface area contributed by atoms with Gasteiger partial charge in [-0.25, -0.2) is 10.4 Å². The van der Waals surface area contributed by atoms with Gasteiger partial charge >= 0.3 is 0 Å². The van der Waals surface area contributed by atoms with Crippen LogP contribution in [0.4, 0.5) is 0 Å². The molecule has 0 aliphatic rings. The first kappa shape index (κ1) is 14.8. The predicted molar refractivity (Wildman–Crippen MR) is 88.2 cm³/mol. The van der Waals surface area contributed by atoms with Crippen molar-refractivity contribution in [3.63, 3.8) is 0 Å². The van der Waals surface area contributed by atoms with E-state index in [1.807, 2.05) is 24.3 Å². The first-order valence-electron chi connectivity index (χ1n) is 7.16. The van der Waals surface area contributed by atoms with Crippen LogP contribution in [0.3, 0.4) is 0 Å². The van der Waals surface area contributed by atoms with Gasteiger partial charge in [-0.15, -0.1) is 0 Å². The summed E-state index contributed by atoms with van der Waals surface area (Å²) in [6.07, 6.45) is 1.63. The Bertz CT molecular complexity index is 883. The molecule has 0 aliphatic carbocycles. The summed E-state index contributed by atoms with van der Waals surface area (Å²) in [6.45, 7) is 1.85. The number of nitrogens with zero attached hydrogens (tertiary/aromatic N) is 3. The highest BCUT2D eigenvalue weighted by Gasteiger charge is 2.07. The minimum Gasteiger partial charge on any atom is -0.507 e. The maximum Gasteiger partial charge on any atom is 0.260 e. The second-order valence-electron chi connectivity index (χ2n) is 5.11. The molecule has 1 aromatic heterocycles. The number of carbonyl (C=O) groups is 1. The lowest BCUT2D eigenvalue weighted by atomic mass is 10.1. The molecule has 23 heavy (non-hydrogen) atoms. The molecule has 0 bridgehead atoms. The van der Waals surface area contributed by atoms with E-state index in [0.29, 0.717) is 11.3 Å². The lowest BCUT2D eigenvalue weighted by molar-refractivity contribution is -0.121. The topological polar surface area (TPSA) is 79.5 Å². The van der Waals surface area contributed by atoms with Gasteiger partial charge in [0.2, 0.25) is 0 Å². The van der Waals surface area contributed by atoms with E-state index in [2.05, 4.69) is 15.5 Å². The molecule has 0 spiro atoms. The Morgan fingerprint density at radius 3 is 2.78 bits per heavy atom. The number of nitrogens with one attached hydrogen (secondary N) is 1. The van der Waals surface area contributed by atoms with Crippen molar-refractivity contribution >= 4 is 22.7 Å². The van der Waals surface area contributed by atoms with Crippen LogP contribution in [-0.2, 0) is 11.3 Å². The number of phenols is 1. The molecular weight excluding hydrogens is 292 g/mol. The summed E-state index contributed by atoms with van der Waals surface area (Å²) in [5, 5.41) is 13.8. The third-order valence-corrected chi connectivity index (χ3v) is 3.48. The normalized spacial score (nSPS) is 11.6. The third kappa shape index (κ3) is 3.21. The molecule has 0 atom stereocenters. The Morgan fingerprint density at radius 2 is 1.96 bits per heavy atom. The first-order valence-corrected chi connectivity index (χ1v) is 7.16. The number of para-hydroxylation sites is 3. The second-order valence-corrected chi connectivity index (χ2v) is 5.11. The van der Waals surface area contributed by atoms with Crippen molar-refractivity contribution in [2.75, 3.05) is 0 Å². The highest BCUT2D eigenvalue weighted by Crippen LogP contribution is 2.16. The van der Waals surface area contributed by atoms with Crippen LogP contribution in [0, 0.1) is 0 Å². The van der Waals surface area contributed by atoms with Crippen LogP contribution in [0.15, 0.2) is 60.0 Å². The van der Waals surface area contributed by atoms with E-state index in [4.69, 9.17) is 0 Å². The minimum atomic E-state index is -0.261. The van der Waals surface area contributed by atoms with Crippen LogP contribution < -0.4 is 5.43 Å². The van der Waals surface area contributed by atoms with Crippen LogP contribution in [0.1, 0.15) is 12.5 Å². The van der Waals surface area contributed by atoms with Gasteiger partial charge in [0.15, 0.2) is 0 Å². The van der Waals surface area contributed by atoms with Crippen LogP contribution in [-0.4, -0.2) is 26.3 Å². The van der Waals surface area contributed by atoms with E-state index in [1.165, 1.54) is 0 Å². The molecule has 6 heteroatoms. The summed E-state index contributed by atoms with van der Waals surface area (Å²) >= 11 is 0. The zero-order chi connectivity index (χ0) is 16.2.